The van der Waals surface area contributed by atoms with E-state index in [0.717, 1.165) is 116 Å². The third-order valence-corrected chi connectivity index (χ3v) is 28.1. The van der Waals surface area contributed by atoms with Crippen molar-refractivity contribution in [1.29, 1.82) is 0 Å². The molecule has 0 aromatic rings. The van der Waals surface area contributed by atoms with Crippen molar-refractivity contribution >= 4 is 64.6 Å². The van der Waals surface area contributed by atoms with Crippen molar-refractivity contribution in [3.63, 3.8) is 0 Å². The standard InChI is InChI=1S/C54H105BO6.3C18H36O2.Sb/c1-4-7-10-13-16-19-22-25-28-31-34-37-40-43-46-49-52(56)59-55(60-53(57)50-47-44-41-38-35-32-29-26-23-20-17-14-11-8-5-2)61-54(58)51-48-45-42-39-36-33-30-27-24-21-18-15-12-9-6-3;3*1-2-3-4-5-6-7-8-9-10-11-12-13-14-15-16-17-18(19)20;/h4-51H2,1-3H3;3*2-17H2,1H3,(H,19,20);/q;;;;+3/p-3. The molecule has 0 fully saturated rings. The molecular formula is C108H210BO12Sb. The Labute approximate surface area is 769 Å². The van der Waals surface area contributed by atoms with Crippen LogP contribution in [0.1, 0.15) is 658 Å². The summed E-state index contributed by atoms with van der Waals surface area (Å²) in [5.74, 6) is -2.59. The SMILES string of the molecule is CCCCCCCCCCCCCCCCCC(=O)OB(OC(=O)CCCCCCCCCCCCCCCCC)OC(=O)CCCCCCCCCCCCCCCCC.CCCCCCCCCCCCCCCCCC(=O)[O][Sb]([O]C(=O)CCCCCCCCCCCCCCCCC)[O]C(=O)CCCCCCCCCCCCCCCCC. The number of hydrogen-bond acceptors (Lipinski definition) is 12. The first-order valence-corrected chi connectivity index (χ1v) is 58.2. The molecule has 0 aliphatic carbocycles. The summed E-state index contributed by atoms with van der Waals surface area (Å²) in [7, 11) is -1.59. The van der Waals surface area contributed by atoms with Crippen LogP contribution in [0.4, 0.5) is 0 Å². The first kappa shape index (κ1) is 122. The van der Waals surface area contributed by atoms with E-state index in [-0.39, 0.29) is 38.5 Å². The molecule has 0 rings (SSSR count). The van der Waals surface area contributed by atoms with Gasteiger partial charge in [0.05, 0.1) is 0 Å². The number of carbonyl (C=O) groups excluding carboxylic acids is 6. The average molecular weight is 1830 g/mol. The van der Waals surface area contributed by atoms with Crippen LogP contribution in [0, 0.1) is 0 Å². The fourth-order valence-corrected chi connectivity index (χ4v) is 19.4. The zero-order chi connectivity index (χ0) is 88.7. The van der Waals surface area contributed by atoms with Crippen LogP contribution in [0.25, 0.3) is 0 Å². The molecule has 722 valence electrons. The van der Waals surface area contributed by atoms with Gasteiger partial charge < -0.3 is 14.0 Å². The van der Waals surface area contributed by atoms with Crippen molar-refractivity contribution < 1.29 is 51.8 Å². The van der Waals surface area contributed by atoms with E-state index >= 15 is 0 Å². The topological polar surface area (TPSA) is 158 Å². The molecule has 0 atom stereocenters. The number of unbranched alkanes of at least 4 members (excludes halogenated alkanes) is 84. The van der Waals surface area contributed by atoms with Gasteiger partial charge >= 0.3 is 263 Å². The summed E-state index contributed by atoms with van der Waals surface area (Å²) >= 11 is -3.77. The Morgan fingerprint density at radius 2 is 0.230 bits per heavy atom. The molecule has 0 saturated carbocycles. The summed E-state index contributed by atoms with van der Waals surface area (Å²) < 4.78 is 33.2. The molecule has 0 aromatic carbocycles. The van der Waals surface area contributed by atoms with Crippen LogP contribution in [-0.4, -0.2) is 64.6 Å². The predicted molar refractivity (Wildman–Crippen MR) is 525 cm³/mol. The van der Waals surface area contributed by atoms with Crippen LogP contribution in [0.5, 0.6) is 0 Å². The van der Waals surface area contributed by atoms with E-state index in [4.69, 9.17) is 23.0 Å². The summed E-state index contributed by atoms with van der Waals surface area (Å²) in [6.45, 7) is 13.6. The van der Waals surface area contributed by atoms with Crippen molar-refractivity contribution in [1.82, 2.24) is 0 Å². The molecule has 0 amide bonds. The summed E-state index contributed by atoms with van der Waals surface area (Å²) in [5, 5.41) is 0. The van der Waals surface area contributed by atoms with Gasteiger partial charge in [-0.25, -0.2) is 0 Å². The molecule has 0 aliphatic heterocycles. The third-order valence-electron chi connectivity index (χ3n) is 25.1. The van der Waals surface area contributed by atoms with Gasteiger partial charge in [0.15, 0.2) is 0 Å². The summed E-state index contributed by atoms with van der Waals surface area (Å²) in [6, 6.07) is 0. The second-order valence-corrected chi connectivity index (χ2v) is 40.4. The molecule has 0 bridgehead atoms. The minimum absolute atomic E-state index is 0.238. The van der Waals surface area contributed by atoms with Gasteiger partial charge in [-0.2, -0.15) is 0 Å². The van der Waals surface area contributed by atoms with E-state index in [1.165, 1.54) is 462 Å². The van der Waals surface area contributed by atoms with Gasteiger partial charge in [0.1, 0.15) is 0 Å². The average Bonchev–Trinajstić information content (AvgIpc) is 0.928. The van der Waals surface area contributed by atoms with Crippen molar-refractivity contribution in [2.75, 3.05) is 0 Å². The second kappa shape index (κ2) is 107. The number of hydrogen-bond donors (Lipinski definition) is 0. The van der Waals surface area contributed by atoms with Gasteiger partial charge in [0.2, 0.25) is 0 Å². The smallest absolute Gasteiger partial charge is 0.0654 e. The van der Waals surface area contributed by atoms with Crippen LogP contribution in [0.3, 0.4) is 0 Å². The van der Waals surface area contributed by atoms with Gasteiger partial charge in [-0.3, -0.25) is 14.4 Å². The summed E-state index contributed by atoms with van der Waals surface area (Å²) in [6.07, 6.45) is 115. The van der Waals surface area contributed by atoms with Gasteiger partial charge in [-0.1, -0.05) is 427 Å². The van der Waals surface area contributed by atoms with E-state index in [0.29, 0.717) is 0 Å². The molecule has 0 radical (unpaired) electrons. The summed E-state index contributed by atoms with van der Waals surface area (Å²) in [4.78, 5) is 76.7. The van der Waals surface area contributed by atoms with Crippen LogP contribution >= 0.6 is 0 Å². The van der Waals surface area contributed by atoms with Gasteiger partial charge in [0.25, 0.3) is 17.9 Å². The molecule has 14 heteroatoms. The zero-order valence-electron chi connectivity index (χ0n) is 82.8. The zero-order valence-corrected chi connectivity index (χ0v) is 85.4. The fourth-order valence-electron chi connectivity index (χ4n) is 16.9. The molecule has 0 unspecified atom stereocenters. The molecule has 122 heavy (non-hydrogen) atoms. The molecule has 12 nitrogen and oxygen atoms in total. The fraction of sp³-hybridized carbons (Fsp3) is 0.944. The minimum atomic E-state index is -3.77. The third kappa shape index (κ3) is 105. The Kier molecular flexibility index (Phi) is 107. The quantitative estimate of drug-likeness (QED) is 0.0420. The molecule has 0 heterocycles. The molecule has 0 saturated heterocycles. The normalized spacial score (nSPS) is 11.3. The Bertz CT molecular complexity index is 1740. The molecule has 0 aliphatic rings. The van der Waals surface area contributed by atoms with Crippen LogP contribution in [0.2, 0.25) is 0 Å². The Morgan fingerprint density at radius 3 is 0.336 bits per heavy atom. The molecule has 0 spiro atoms. The van der Waals surface area contributed by atoms with Crippen LogP contribution < -0.4 is 0 Å². The second-order valence-electron chi connectivity index (χ2n) is 37.6. The molecule has 0 aromatic heterocycles. The first-order valence-electron chi connectivity index (χ1n) is 55.1. The number of carbonyl (C=O) groups is 6. The van der Waals surface area contributed by atoms with E-state index in [1.807, 2.05) is 0 Å². The monoisotopic (exact) mass is 1830 g/mol. The van der Waals surface area contributed by atoms with E-state index in [1.54, 1.807) is 0 Å². The Balaban J connectivity index is 0. The van der Waals surface area contributed by atoms with Crippen molar-refractivity contribution in [3.8, 4) is 0 Å². The molecule has 0 N–H and O–H groups in total. The van der Waals surface area contributed by atoms with Crippen LogP contribution in [0.15, 0.2) is 0 Å². The predicted octanol–water partition coefficient (Wildman–Crippen LogP) is 36.8. The minimum Gasteiger partial charge on any atom is -0.0654 e. The maximum absolute atomic E-state index is 12.8. The van der Waals surface area contributed by atoms with E-state index in [2.05, 4.69) is 41.5 Å². The maximum atomic E-state index is 12.8. The van der Waals surface area contributed by atoms with Gasteiger partial charge in [-0.15, -0.1) is 0 Å². The van der Waals surface area contributed by atoms with E-state index in [9.17, 15) is 28.8 Å². The Morgan fingerprint density at radius 1 is 0.139 bits per heavy atom. The van der Waals surface area contributed by atoms with E-state index < -0.39 is 64.6 Å². The Hall–Kier alpha value is -2.30. The van der Waals surface area contributed by atoms with Gasteiger partial charge in [-0.05, 0) is 19.3 Å². The first-order chi connectivity index (χ1) is 60.1. The van der Waals surface area contributed by atoms with Crippen molar-refractivity contribution in [2.24, 2.45) is 0 Å². The van der Waals surface area contributed by atoms with Crippen molar-refractivity contribution in [3.05, 3.63) is 0 Å². The summed E-state index contributed by atoms with van der Waals surface area (Å²) in [5.41, 5.74) is 0. The number of rotatable bonds is 102. The molecular weight excluding hydrogens is 1620 g/mol. The van der Waals surface area contributed by atoms with Gasteiger partial charge in [0, 0.05) is 19.3 Å². The van der Waals surface area contributed by atoms with Crippen molar-refractivity contribution in [2.45, 2.75) is 658 Å². The van der Waals surface area contributed by atoms with Crippen LogP contribution in [-0.2, 0) is 51.8 Å².